The minimum Gasteiger partial charge on any atom is -0.504 e. The number of hydrogen-bond acceptors (Lipinski definition) is 5. The van der Waals surface area contributed by atoms with Crippen LogP contribution in [-0.2, 0) is 6.54 Å². The molecule has 0 aliphatic carbocycles. The highest BCUT2D eigenvalue weighted by molar-refractivity contribution is 5.72. The number of benzene rings is 2. The fraction of sp³-hybridized carbons (Fsp3) is 0.350. The average molecular weight is 354 g/mol. The van der Waals surface area contributed by atoms with E-state index < -0.39 is 0 Å². The molecule has 1 saturated heterocycles. The van der Waals surface area contributed by atoms with E-state index in [9.17, 15) is 9.90 Å². The fourth-order valence-electron chi connectivity index (χ4n) is 3.79. The summed E-state index contributed by atoms with van der Waals surface area (Å²) < 4.78 is 12.4. The van der Waals surface area contributed by atoms with Gasteiger partial charge in [-0.3, -0.25) is 9.47 Å². The van der Waals surface area contributed by atoms with E-state index >= 15 is 0 Å². The van der Waals surface area contributed by atoms with Crippen molar-refractivity contribution < 1.29 is 14.3 Å². The van der Waals surface area contributed by atoms with Crippen LogP contribution in [0.5, 0.6) is 11.5 Å². The van der Waals surface area contributed by atoms with E-state index in [4.69, 9.17) is 9.15 Å². The molecule has 3 aromatic rings. The Kier molecular flexibility index (Phi) is 4.42. The summed E-state index contributed by atoms with van der Waals surface area (Å²) in [6, 6.07) is 13.1. The van der Waals surface area contributed by atoms with Crippen molar-refractivity contribution in [1.82, 2.24) is 9.47 Å². The molecule has 1 N–H and O–H groups in total. The summed E-state index contributed by atoms with van der Waals surface area (Å²) >= 11 is 0. The fourth-order valence-corrected chi connectivity index (χ4v) is 3.79. The predicted molar refractivity (Wildman–Crippen MR) is 98.7 cm³/mol. The number of rotatable bonds is 4. The van der Waals surface area contributed by atoms with Crippen molar-refractivity contribution >= 4 is 11.1 Å². The Morgan fingerprint density at radius 3 is 2.96 bits per heavy atom. The Labute approximate surface area is 151 Å². The molecule has 4 rings (SSSR count). The number of hydrogen-bond donors (Lipinski definition) is 1. The molecule has 136 valence electrons. The molecule has 2 aromatic carbocycles. The van der Waals surface area contributed by atoms with E-state index in [1.54, 1.807) is 17.7 Å². The number of para-hydroxylation sites is 2. The van der Waals surface area contributed by atoms with Gasteiger partial charge >= 0.3 is 5.76 Å². The number of methoxy groups -OCH3 is 1. The highest BCUT2D eigenvalue weighted by Gasteiger charge is 2.25. The van der Waals surface area contributed by atoms with Crippen LogP contribution < -0.4 is 10.5 Å². The van der Waals surface area contributed by atoms with Crippen molar-refractivity contribution in [2.24, 2.45) is 0 Å². The van der Waals surface area contributed by atoms with Gasteiger partial charge in [0.15, 0.2) is 17.1 Å². The van der Waals surface area contributed by atoms with Crippen LogP contribution in [-0.4, -0.2) is 34.8 Å². The number of nitrogens with zero attached hydrogens (tertiary/aromatic N) is 2. The van der Waals surface area contributed by atoms with E-state index in [1.807, 2.05) is 36.4 Å². The number of aromatic hydroxyl groups is 1. The lowest BCUT2D eigenvalue weighted by Gasteiger charge is -2.33. The van der Waals surface area contributed by atoms with Gasteiger partial charge in [-0.15, -0.1) is 0 Å². The molecule has 2 heterocycles. The first-order valence-electron chi connectivity index (χ1n) is 8.84. The molecule has 0 radical (unpaired) electrons. The molecule has 1 aliphatic rings. The third-order valence-electron chi connectivity index (χ3n) is 5.01. The maximum atomic E-state index is 12.4. The zero-order valence-electron chi connectivity index (χ0n) is 14.7. The van der Waals surface area contributed by atoms with Gasteiger partial charge in [-0.05, 0) is 49.2 Å². The normalized spacial score (nSPS) is 18.3. The first-order valence-corrected chi connectivity index (χ1v) is 8.84. The van der Waals surface area contributed by atoms with Gasteiger partial charge in [0, 0.05) is 13.1 Å². The second-order valence-electron chi connectivity index (χ2n) is 6.74. The molecule has 26 heavy (non-hydrogen) atoms. The molecule has 0 amide bonds. The number of phenols is 1. The van der Waals surface area contributed by atoms with Crippen molar-refractivity contribution in [2.75, 3.05) is 20.2 Å². The second kappa shape index (κ2) is 6.88. The van der Waals surface area contributed by atoms with E-state index in [1.165, 1.54) is 0 Å². The number of aromatic nitrogens is 1. The maximum absolute atomic E-state index is 12.4. The molecule has 1 fully saturated rings. The molecule has 1 atom stereocenters. The topological polar surface area (TPSA) is 67.8 Å². The summed E-state index contributed by atoms with van der Waals surface area (Å²) in [5, 5.41) is 9.75. The van der Waals surface area contributed by atoms with Crippen LogP contribution in [0.4, 0.5) is 0 Å². The third-order valence-corrected chi connectivity index (χ3v) is 5.01. The summed E-state index contributed by atoms with van der Waals surface area (Å²) in [7, 11) is 1.55. The SMILES string of the molecule is COc1cc(CN2CCC[C@H](n3c(=O)oc4ccccc43)C2)ccc1O. The summed E-state index contributed by atoms with van der Waals surface area (Å²) in [4.78, 5) is 14.7. The van der Waals surface area contributed by atoms with Gasteiger partial charge in [0.05, 0.1) is 18.7 Å². The summed E-state index contributed by atoms with van der Waals surface area (Å²) in [5.74, 6) is 0.335. The monoisotopic (exact) mass is 354 g/mol. The molecule has 0 saturated carbocycles. The molecule has 0 bridgehead atoms. The van der Waals surface area contributed by atoms with Crippen molar-refractivity contribution in [3.63, 3.8) is 0 Å². The smallest absolute Gasteiger partial charge is 0.420 e. The third kappa shape index (κ3) is 3.08. The Morgan fingerprint density at radius 2 is 2.12 bits per heavy atom. The Hall–Kier alpha value is -2.73. The summed E-state index contributed by atoms with van der Waals surface area (Å²) in [5.41, 5.74) is 2.57. The first kappa shape index (κ1) is 16.7. The Balaban J connectivity index is 1.56. The van der Waals surface area contributed by atoms with Gasteiger partial charge in [0.1, 0.15) is 0 Å². The van der Waals surface area contributed by atoms with E-state index in [0.717, 1.165) is 43.6 Å². The lowest BCUT2D eigenvalue weighted by atomic mass is 10.0. The van der Waals surface area contributed by atoms with Crippen molar-refractivity contribution in [1.29, 1.82) is 0 Å². The zero-order valence-corrected chi connectivity index (χ0v) is 14.7. The van der Waals surface area contributed by atoms with Crippen LogP contribution in [0.2, 0.25) is 0 Å². The van der Waals surface area contributed by atoms with Crippen molar-refractivity contribution in [3.8, 4) is 11.5 Å². The van der Waals surface area contributed by atoms with Gasteiger partial charge < -0.3 is 14.3 Å². The van der Waals surface area contributed by atoms with E-state index in [-0.39, 0.29) is 17.5 Å². The van der Waals surface area contributed by atoms with Crippen LogP contribution in [0, 0.1) is 0 Å². The summed E-state index contributed by atoms with van der Waals surface area (Å²) in [6.07, 6.45) is 1.98. The lowest BCUT2D eigenvalue weighted by molar-refractivity contribution is 0.167. The van der Waals surface area contributed by atoms with Crippen LogP contribution in [0.25, 0.3) is 11.1 Å². The standard InChI is InChI=1S/C20H22N2O4/c1-25-19-11-14(8-9-17(19)23)12-21-10-4-5-15(13-21)22-16-6-2-3-7-18(16)26-20(22)24/h2-3,6-9,11,15,23H,4-5,10,12-13H2,1H3/t15-/m0/s1. The van der Waals surface area contributed by atoms with Gasteiger partial charge in [-0.2, -0.15) is 0 Å². The first-order chi connectivity index (χ1) is 12.7. The van der Waals surface area contributed by atoms with Gasteiger partial charge in [0.25, 0.3) is 0 Å². The molecular weight excluding hydrogens is 332 g/mol. The van der Waals surface area contributed by atoms with Crippen LogP contribution in [0.1, 0.15) is 24.4 Å². The quantitative estimate of drug-likeness (QED) is 0.780. The van der Waals surface area contributed by atoms with Crippen LogP contribution in [0.3, 0.4) is 0 Å². The number of ether oxygens (including phenoxy) is 1. The number of piperidine rings is 1. The number of phenolic OH excluding ortho intramolecular Hbond substituents is 1. The molecule has 1 aromatic heterocycles. The number of likely N-dealkylation sites (tertiary alicyclic amines) is 1. The van der Waals surface area contributed by atoms with Crippen LogP contribution >= 0.6 is 0 Å². The molecule has 0 spiro atoms. The number of oxazole rings is 1. The van der Waals surface area contributed by atoms with Crippen LogP contribution in [0.15, 0.2) is 51.7 Å². The Bertz CT molecular complexity index is 975. The van der Waals surface area contributed by atoms with Crippen molar-refractivity contribution in [2.45, 2.75) is 25.4 Å². The number of fused-ring (bicyclic) bond motifs is 1. The van der Waals surface area contributed by atoms with Gasteiger partial charge in [-0.1, -0.05) is 18.2 Å². The molecule has 0 unspecified atom stereocenters. The maximum Gasteiger partial charge on any atom is 0.420 e. The Morgan fingerprint density at radius 1 is 1.27 bits per heavy atom. The summed E-state index contributed by atoms with van der Waals surface area (Å²) in [6.45, 7) is 2.51. The minimum atomic E-state index is -0.288. The van der Waals surface area contributed by atoms with E-state index in [2.05, 4.69) is 4.90 Å². The minimum absolute atomic E-state index is 0.0962. The van der Waals surface area contributed by atoms with Gasteiger partial charge in [-0.25, -0.2) is 4.79 Å². The van der Waals surface area contributed by atoms with Crippen molar-refractivity contribution in [3.05, 3.63) is 58.6 Å². The average Bonchev–Trinajstić information content (AvgIpc) is 2.99. The molecule has 1 aliphatic heterocycles. The zero-order chi connectivity index (χ0) is 18.1. The highest BCUT2D eigenvalue weighted by atomic mass is 16.5. The molecule has 6 nitrogen and oxygen atoms in total. The van der Waals surface area contributed by atoms with E-state index in [0.29, 0.717) is 11.3 Å². The molecular formula is C20H22N2O4. The lowest BCUT2D eigenvalue weighted by Crippen LogP contribution is -2.38. The van der Waals surface area contributed by atoms with Gasteiger partial charge in [0.2, 0.25) is 0 Å². The largest absolute Gasteiger partial charge is 0.504 e. The highest BCUT2D eigenvalue weighted by Crippen LogP contribution is 2.29. The predicted octanol–water partition coefficient (Wildman–Crippen LogP) is 3.15. The molecule has 6 heteroatoms. The second-order valence-corrected chi connectivity index (χ2v) is 6.74.